The molecule has 0 aliphatic rings. The summed E-state index contributed by atoms with van der Waals surface area (Å²) < 4.78 is 0. The Morgan fingerprint density at radius 1 is 0.935 bits per heavy atom. The van der Waals surface area contributed by atoms with E-state index >= 15 is 0 Å². The molecule has 150 valence electrons. The molecule has 5 rings (SSSR count). The molecule has 0 spiro atoms. The zero-order valence-electron chi connectivity index (χ0n) is 16.3. The highest BCUT2D eigenvalue weighted by Gasteiger charge is 2.22. The molecule has 0 aliphatic carbocycles. The van der Waals surface area contributed by atoms with Gasteiger partial charge in [0.05, 0.1) is 39.6 Å². The van der Waals surface area contributed by atoms with Crippen LogP contribution in [0.4, 0.5) is 5.69 Å². The van der Waals surface area contributed by atoms with E-state index in [0.717, 1.165) is 11.1 Å². The largest absolute Gasteiger partial charge is 0.298 e. The molecule has 0 N–H and O–H groups in total. The van der Waals surface area contributed by atoms with Crippen molar-refractivity contribution in [3.05, 3.63) is 87.7 Å². The Labute approximate surface area is 181 Å². The Balaban J connectivity index is 1.99. The zero-order valence-corrected chi connectivity index (χ0v) is 17.0. The lowest BCUT2D eigenvalue weighted by molar-refractivity contribution is -0.383. The van der Waals surface area contributed by atoms with E-state index in [4.69, 9.17) is 16.6 Å². The lowest BCUT2D eigenvalue weighted by Crippen LogP contribution is -1.92. The van der Waals surface area contributed by atoms with Crippen molar-refractivity contribution in [2.75, 3.05) is 0 Å². The maximum atomic E-state index is 11.8. The van der Waals surface area contributed by atoms with Crippen molar-refractivity contribution in [1.82, 2.24) is 20.2 Å². The number of hydrogen-bond donors (Lipinski definition) is 0. The molecule has 0 saturated heterocycles. The predicted octanol–water partition coefficient (Wildman–Crippen LogP) is 5.78. The molecular formula is C23H14ClN5O2. The molecular weight excluding hydrogens is 414 g/mol. The average Bonchev–Trinajstić information content (AvgIpc) is 3.17. The molecule has 3 aromatic carbocycles. The number of nitrogens with zero attached hydrogens (tertiary/aromatic N) is 5. The molecule has 5 aromatic rings. The fraction of sp³-hybridized carbons (Fsp3) is 0.0435. The van der Waals surface area contributed by atoms with Crippen LogP contribution in [-0.2, 0) is 0 Å². The van der Waals surface area contributed by atoms with Gasteiger partial charge in [0.15, 0.2) is 5.52 Å². The van der Waals surface area contributed by atoms with Crippen molar-refractivity contribution in [3.63, 3.8) is 0 Å². The van der Waals surface area contributed by atoms with Gasteiger partial charge >= 0.3 is 0 Å². The monoisotopic (exact) mass is 427 g/mol. The van der Waals surface area contributed by atoms with Gasteiger partial charge < -0.3 is 0 Å². The molecule has 2 heterocycles. The van der Waals surface area contributed by atoms with Crippen LogP contribution in [0.2, 0.25) is 5.02 Å². The minimum Gasteiger partial charge on any atom is -0.258 e. The highest BCUT2D eigenvalue weighted by atomic mass is 35.5. The van der Waals surface area contributed by atoms with Crippen LogP contribution in [0.5, 0.6) is 0 Å². The van der Waals surface area contributed by atoms with E-state index in [2.05, 4.69) is 15.2 Å². The van der Waals surface area contributed by atoms with Gasteiger partial charge in [-0.15, -0.1) is 5.10 Å². The van der Waals surface area contributed by atoms with Crippen molar-refractivity contribution in [1.29, 1.82) is 0 Å². The number of rotatable bonds is 3. The number of nitro benzene ring substituents is 1. The molecule has 0 saturated carbocycles. The summed E-state index contributed by atoms with van der Waals surface area (Å²) >= 11 is 6.51. The Morgan fingerprint density at radius 2 is 1.68 bits per heavy atom. The van der Waals surface area contributed by atoms with Crippen LogP contribution < -0.4 is 0 Å². The third-order valence-electron chi connectivity index (χ3n) is 5.18. The van der Waals surface area contributed by atoms with Crippen molar-refractivity contribution in [3.8, 4) is 22.5 Å². The first-order chi connectivity index (χ1) is 15.0. The first-order valence-electron chi connectivity index (χ1n) is 9.45. The molecule has 7 nitrogen and oxygen atoms in total. The minimum atomic E-state index is -0.470. The molecule has 0 bridgehead atoms. The van der Waals surface area contributed by atoms with E-state index in [-0.39, 0.29) is 11.2 Å². The third-order valence-corrected chi connectivity index (χ3v) is 5.51. The number of hydrogen-bond acceptors (Lipinski definition) is 6. The Morgan fingerprint density at radius 3 is 2.42 bits per heavy atom. The molecule has 0 aliphatic heterocycles. The second-order valence-electron chi connectivity index (χ2n) is 7.05. The summed E-state index contributed by atoms with van der Waals surface area (Å²) in [5.74, 6) is 0. The number of benzene rings is 3. The maximum Gasteiger partial charge on any atom is 0.298 e. The Kier molecular flexibility index (Phi) is 4.52. The van der Waals surface area contributed by atoms with E-state index in [9.17, 15) is 10.1 Å². The van der Waals surface area contributed by atoms with Gasteiger partial charge in [-0.05, 0) is 18.6 Å². The van der Waals surface area contributed by atoms with Gasteiger partial charge in [-0.2, -0.15) is 5.10 Å². The van der Waals surface area contributed by atoms with E-state index in [1.54, 1.807) is 12.3 Å². The highest BCUT2D eigenvalue weighted by molar-refractivity contribution is 6.33. The smallest absolute Gasteiger partial charge is 0.258 e. The summed E-state index contributed by atoms with van der Waals surface area (Å²) in [5, 5.41) is 21.1. The molecule has 2 aromatic heterocycles. The lowest BCUT2D eigenvalue weighted by Gasteiger charge is -2.07. The van der Waals surface area contributed by atoms with Crippen LogP contribution >= 0.6 is 11.6 Å². The molecule has 0 atom stereocenters. The fourth-order valence-corrected chi connectivity index (χ4v) is 3.91. The molecule has 8 heteroatoms. The molecule has 0 fully saturated rings. The van der Waals surface area contributed by atoms with Crippen LogP contribution in [0.25, 0.3) is 44.3 Å². The van der Waals surface area contributed by atoms with Crippen molar-refractivity contribution in [2.45, 2.75) is 6.92 Å². The molecule has 0 radical (unpaired) electrons. The number of fused-ring (bicyclic) bond motifs is 3. The summed E-state index contributed by atoms with van der Waals surface area (Å²) in [6, 6.07) is 16.6. The van der Waals surface area contributed by atoms with Crippen LogP contribution in [0, 0.1) is 17.0 Å². The average molecular weight is 428 g/mol. The number of halogens is 1. The van der Waals surface area contributed by atoms with Gasteiger partial charge in [-0.3, -0.25) is 15.1 Å². The lowest BCUT2D eigenvalue weighted by atomic mass is 10.0. The van der Waals surface area contributed by atoms with Gasteiger partial charge in [0.1, 0.15) is 0 Å². The maximum absolute atomic E-state index is 11.8. The number of aromatic nitrogens is 4. The Hall–Kier alpha value is -3.97. The molecule has 0 unspecified atom stereocenters. The minimum absolute atomic E-state index is 0.152. The second kappa shape index (κ2) is 7.37. The van der Waals surface area contributed by atoms with Gasteiger partial charge in [0, 0.05) is 27.6 Å². The highest BCUT2D eigenvalue weighted by Crippen LogP contribution is 2.38. The zero-order chi connectivity index (χ0) is 21.5. The van der Waals surface area contributed by atoms with Gasteiger partial charge in [0.25, 0.3) is 5.69 Å². The van der Waals surface area contributed by atoms with Gasteiger partial charge in [-0.1, -0.05) is 54.1 Å². The Bertz CT molecular complexity index is 1500. The fourth-order valence-electron chi connectivity index (χ4n) is 3.68. The van der Waals surface area contributed by atoms with E-state index in [1.165, 1.54) is 12.3 Å². The van der Waals surface area contributed by atoms with Crippen molar-refractivity contribution < 1.29 is 4.92 Å². The van der Waals surface area contributed by atoms with Crippen LogP contribution in [0.15, 0.2) is 67.0 Å². The summed E-state index contributed by atoms with van der Waals surface area (Å²) in [7, 11) is 0. The van der Waals surface area contributed by atoms with E-state index < -0.39 is 4.92 Å². The van der Waals surface area contributed by atoms with Gasteiger partial charge in [-0.25, -0.2) is 4.98 Å². The van der Waals surface area contributed by atoms with Crippen molar-refractivity contribution in [2.24, 2.45) is 0 Å². The summed E-state index contributed by atoms with van der Waals surface area (Å²) in [4.78, 5) is 20.9. The number of aryl methyl sites for hydroxylation is 1. The first-order valence-corrected chi connectivity index (χ1v) is 9.83. The summed E-state index contributed by atoms with van der Waals surface area (Å²) in [6.45, 7) is 1.99. The quantitative estimate of drug-likeness (QED) is 0.267. The van der Waals surface area contributed by atoms with Crippen LogP contribution in [-0.4, -0.2) is 25.1 Å². The predicted molar refractivity (Wildman–Crippen MR) is 120 cm³/mol. The SMILES string of the molecule is Cc1ccccc1-c1cnc2c(cc([N+](=O)[O-])c3nncc32)c(-c2ccccc2Cl)n1. The van der Waals surface area contributed by atoms with Gasteiger partial charge in [0.2, 0.25) is 0 Å². The third kappa shape index (κ3) is 3.15. The van der Waals surface area contributed by atoms with E-state index in [1.807, 2.05) is 49.4 Å². The second-order valence-corrected chi connectivity index (χ2v) is 7.46. The standard InChI is InChI=1S/C23H14ClN5O2/c1-13-6-2-3-7-14(13)19-12-25-21-16(22(27-19)15-8-4-5-9-18(15)24)10-20(29(30)31)23-17(21)11-26-28-23/h2-12H,1H3. The first kappa shape index (κ1) is 19.0. The normalized spacial score (nSPS) is 11.2. The van der Waals surface area contributed by atoms with Crippen molar-refractivity contribution >= 4 is 39.1 Å². The summed E-state index contributed by atoms with van der Waals surface area (Å²) in [6.07, 6.45) is 3.16. The number of non-ortho nitro benzene ring substituents is 1. The topological polar surface area (TPSA) is 94.7 Å². The molecule has 0 amide bonds. The van der Waals surface area contributed by atoms with Crippen LogP contribution in [0.1, 0.15) is 5.56 Å². The van der Waals surface area contributed by atoms with Crippen LogP contribution in [0.3, 0.4) is 0 Å². The van der Waals surface area contributed by atoms with E-state index in [0.29, 0.717) is 38.3 Å². The summed E-state index contributed by atoms with van der Waals surface area (Å²) in [5.41, 5.74) is 4.29. The number of nitro groups is 1. The molecule has 31 heavy (non-hydrogen) atoms.